The number of amides is 1. The van der Waals surface area contributed by atoms with Gasteiger partial charge in [-0.3, -0.25) is 14.6 Å². The molecule has 1 amide bonds. The van der Waals surface area contributed by atoms with Crippen LogP contribution in [0.5, 0.6) is 0 Å². The molecule has 1 aliphatic rings. The van der Waals surface area contributed by atoms with E-state index in [1.165, 1.54) is 5.56 Å². The van der Waals surface area contributed by atoms with Gasteiger partial charge >= 0.3 is 0 Å². The van der Waals surface area contributed by atoms with Crippen molar-refractivity contribution in [3.05, 3.63) is 83.7 Å². The number of hydrogen-bond acceptors (Lipinski definition) is 3. The minimum atomic E-state index is 0.143. The minimum Gasteiger partial charge on any atom is -0.312 e. The first-order chi connectivity index (χ1) is 14.2. The van der Waals surface area contributed by atoms with Gasteiger partial charge in [0, 0.05) is 43.0 Å². The van der Waals surface area contributed by atoms with Crippen molar-refractivity contribution >= 4 is 17.4 Å². The van der Waals surface area contributed by atoms with Crippen LogP contribution in [0.25, 0.3) is 11.1 Å². The normalized spacial score (nSPS) is 12.7. The van der Waals surface area contributed by atoms with E-state index in [0.717, 1.165) is 40.9 Å². The van der Waals surface area contributed by atoms with Crippen molar-refractivity contribution in [1.29, 1.82) is 0 Å². The summed E-state index contributed by atoms with van der Waals surface area (Å²) in [6, 6.07) is 17.9. The highest BCUT2D eigenvalue weighted by molar-refractivity contribution is 5.98. The van der Waals surface area contributed by atoms with Crippen LogP contribution in [-0.4, -0.2) is 23.2 Å². The Morgan fingerprint density at radius 2 is 1.79 bits per heavy atom. The zero-order valence-electron chi connectivity index (χ0n) is 16.6. The molecule has 0 N–H and O–H groups in total. The zero-order valence-corrected chi connectivity index (χ0v) is 16.6. The van der Waals surface area contributed by atoms with Crippen molar-refractivity contribution in [3.8, 4) is 11.1 Å². The lowest BCUT2D eigenvalue weighted by atomic mass is 9.97. The van der Waals surface area contributed by atoms with E-state index in [2.05, 4.69) is 11.1 Å². The third-order valence-electron chi connectivity index (χ3n) is 5.49. The molecule has 0 fully saturated rings. The highest BCUT2D eigenvalue weighted by Crippen LogP contribution is 2.33. The van der Waals surface area contributed by atoms with Crippen LogP contribution in [0.4, 0.5) is 5.69 Å². The molecule has 4 nitrogen and oxygen atoms in total. The first-order valence-electron chi connectivity index (χ1n) is 10.1. The van der Waals surface area contributed by atoms with Crippen LogP contribution < -0.4 is 4.90 Å². The molecule has 3 aromatic rings. The van der Waals surface area contributed by atoms with Crippen molar-refractivity contribution in [1.82, 2.24) is 4.98 Å². The average molecular weight is 384 g/mol. The number of hydrogen-bond donors (Lipinski definition) is 0. The summed E-state index contributed by atoms with van der Waals surface area (Å²) >= 11 is 0. The van der Waals surface area contributed by atoms with E-state index < -0.39 is 0 Å². The second-order valence-corrected chi connectivity index (χ2v) is 7.35. The van der Waals surface area contributed by atoms with Crippen LogP contribution in [0, 0.1) is 0 Å². The van der Waals surface area contributed by atoms with Gasteiger partial charge in [0.05, 0.1) is 0 Å². The number of carbonyl (C=O) groups is 2. The van der Waals surface area contributed by atoms with Crippen molar-refractivity contribution in [2.24, 2.45) is 0 Å². The number of carbonyl (C=O) groups excluding carboxylic acids is 2. The predicted octanol–water partition coefficient (Wildman–Crippen LogP) is 4.86. The number of aryl methyl sites for hydroxylation is 1. The predicted molar refractivity (Wildman–Crippen MR) is 115 cm³/mol. The Bertz CT molecular complexity index is 1040. The summed E-state index contributed by atoms with van der Waals surface area (Å²) in [5, 5.41) is 0. The highest BCUT2D eigenvalue weighted by Gasteiger charge is 2.23. The van der Waals surface area contributed by atoms with Crippen LogP contribution >= 0.6 is 0 Å². The summed E-state index contributed by atoms with van der Waals surface area (Å²) in [5.41, 5.74) is 6.18. The molecule has 146 valence electrons. The monoisotopic (exact) mass is 384 g/mol. The molecule has 4 rings (SSSR count). The number of pyridine rings is 1. The lowest BCUT2D eigenvalue weighted by Gasteiger charge is -2.16. The largest absolute Gasteiger partial charge is 0.312 e. The summed E-state index contributed by atoms with van der Waals surface area (Å²) in [6.07, 6.45) is 6.09. The average Bonchev–Trinajstić information content (AvgIpc) is 3.21. The topological polar surface area (TPSA) is 50.3 Å². The van der Waals surface area contributed by atoms with Crippen molar-refractivity contribution in [2.75, 3.05) is 11.4 Å². The fraction of sp³-hybridized carbons (Fsp3) is 0.240. The molecule has 0 atom stereocenters. The van der Waals surface area contributed by atoms with Crippen LogP contribution in [-0.2, 0) is 17.6 Å². The first-order valence-corrected chi connectivity index (χ1v) is 10.1. The standard InChI is InChI=1S/C25H24N2O2/c1-2-25(29)27-15-12-21-16-20(7-8-23(21)27)19-4-3-5-22(17-19)24(28)9-6-18-10-13-26-14-11-18/h3-5,7-8,10-11,13-14,16-17H,2,6,9,12,15H2,1H3. The van der Waals surface area contributed by atoms with Crippen LogP contribution in [0.3, 0.4) is 0 Å². The number of fused-ring (bicyclic) bond motifs is 1. The quantitative estimate of drug-likeness (QED) is 0.570. The Morgan fingerprint density at radius 1 is 1.00 bits per heavy atom. The Morgan fingerprint density at radius 3 is 2.59 bits per heavy atom. The number of aromatic nitrogens is 1. The van der Waals surface area contributed by atoms with Gasteiger partial charge in [-0.05, 0) is 65.4 Å². The van der Waals surface area contributed by atoms with Gasteiger partial charge in [0.15, 0.2) is 5.78 Å². The first kappa shape index (κ1) is 19.1. The zero-order chi connectivity index (χ0) is 20.2. The third-order valence-corrected chi connectivity index (χ3v) is 5.49. The molecular weight excluding hydrogens is 360 g/mol. The molecule has 0 saturated heterocycles. The number of rotatable bonds is 6. The maximum Gasteiger partial charge on any atom is 0.226 e. The van der Waals surface area contributed by atoms with Gasteiger partial charge in [-0.25, -0.2) is 0 Å². The minimum absolute atomic E-state index is 0.143. The molecule has 0 spiro atoms. The lowest BCUT2D eigenvalue weighted by Crippen LogP contribution is -2.27. The lowest BCUT2D eigenvalue weighted by molar-refractivity contribution is -0.118. The van der Waals surface area contributed by atoms with Crippen LogP contribution in [0.15, 0.2) is 67.0 Å². The molecule has 29 heavy (non-hydrogen) atoms. The smallest absolute Gasteiger partial charge is 0.226 e. The Kier molecular flexibility index (Phi) is 5.52. The number of benzene rings is 2. The molecule has 0 saturated carbocycles. The second kappa shape index (κ2) is 8.39. The molecule has 1 aromatic heterocycles. The summed E-state index contributed by atoms with van der Waals surface area (Å²) in [7, 11) is 0. The fourth-order valence-corrected chi connectivity index (χ4v) is 3.86. The number of nitrogens with zero attached hydrogens (tertiary/aromatic N) is 2. The summed E-state index contributed by atoms with van der Waals surface area (Å²) in [4.78, 5) is 30.7. The number of Topliss-reactive ketones (excluding diaryl/α,β-unsaturated/α-hetero) is 1. The van der Waals surface area contributed by atoms with E-state index in [1.807, 2.05) is 60.4 Å². The third kappa shape index (κ3) is 4.11. The van der Waals surface area contributed by atoms with Crippen molar-refractivity contribution < 1.29 is 9.59 Å². The number of ketones is 1. The molecule has 0 radical (unpaired) electrons. The van der Waals surface area contributed by atoms with E-state index >= 15 is 0 Å². The molecule has 1 aliphatic heterocycles. The van der Waals surface area contributed by atoms with Gasteiger partial charge in [-0.15, -0.1) is 0 Å². The maximum absolute atomic E-state index is 12.7. The number of anilines is 1. The van der Waals surface area contributed by atoms with Crippen LogP contribution in [0.1, 0.15) is 41.3 Å². The van der Waals surface area contributed by atoms with Crippen molar-refractivity contribution in [3.63, 3.8) is 0 Å². The van der Waals surface area contributed by atoms with Gasteiger partial charge in [0.2, 0.25) is 5.91 Å². The molecular formula is C25H24N2O2. The van der Waals surface area contributed by atoms with Gasteiger partial charge in [-0.2, -0.15) is 0 Å². The van der Waals surface area contributed by atoms with Gasteiger partial charge < -0.3 is 4.90 Å². The Balaban J connectivity index is 1.52. The molecule has 4 heteroatoms. The fourth-order valence-electron chi connectivity index (χ4n) is 3.86. The molecule has 0 bridgehead atoms. The summed E-state index contributed by atoms with van der Waals surface area (Å²) in [5.74, 6) is 0.308. The van der Waals surface area contributed by atoms with E-state index in [9.17, 15) is 9.59 Å². The van der Waals surface area contributed by atoms with Crippen LogP contribution in [0.2, 0.25) is 0 Å². The van der Waals surface area contributed by atoms with Crippen molar-refractivity contribution in [2.45, 2.75) is 32.6 Å². The molecule has 2 aromatic carbocycles. The molecule has 0 aliphatic carbocycles. The van der Waals surface area contributed by atoms with E-state index in [-0.39, 0.29) is 11.7 Å². The van der Waals surface area contributed by atoms with E-state index in [4.69, 9.17) is 0 Å². The van der Waals surface area contributed by atoms with Gasteiger partial charge in [0.1, 0.15) is 0 Å². The Hall–Kier alpha value is -3.27. The summed E-state index contributed by atoms with van der Waals surface area (Å²) < 4.78 is 0. The Labute approximate surface area is 171 Å². The SMILES string of the molecule is CCC(=O)N1CCc2cc(-c3cccc(C(=O)CCc4ccncc4)c3)ccc21. The highest BCUT2D eigenvalue weighted by atomic mass is 16.2. The maximum atomic E-state index is 12.7. The second-order valence-electron chi connectivity index (χ2n) is 7.35. The molecule has 2 heterocycles. The van der Waals surface area contributed by atoms with Gasteiger partial charge in [-0.1, -0.05) is 31.2 Å². The van der Waals surface area contributed by atoms with E-state index in [1.54, 1.807) is 12.4 Å². The molecule has 0 unspecified atom stereocenters. The summed E-state index contributed by atoms with van der Waals surface area (Å²) in [6.45, 7) is 2.64. The van der Waals surface area contributed by atoms with E-state index in [0.29, 0.717) is 19.3 Å². The van der Waals surface area contributed by atoms with Gasteiger partial charge in [0.25, 0.3) is 0 Å².